The Bertz CT molecular complexity index is 703. The van der Waals surface area contributed by atoms with Crippen molar-refractivity contribution >= 4 is 17.3 Å². The van der Waals surface area contributed by atoms with Crippen molar-refractivity contribution in [3.8, 4) is 11.4 Å². The molecule has 1 aliphatic carbocycles. The lowest BCUT2D eigenvalue weighted by Crippen LogP contribution is -2.25. The van der Waals surface area contributed by atoms with Crippen LogP contribution in [0.15, 0.2) is 24.4 Å². The van der Waals surface area contributed by atoms with Crippen LogP contribution in [-0.4, -0.2) is 22.3 Å². The predicted octanol–water partition coefficient (Wildman–Crippen LogP) is 1.66. The zero-order valence-corrected chi connectivity index (χ0v) is 10.8. The molecule has 2 aromatic rings. The number of nitrogen functional groups attached to an aromatic ring is 1. The number of fused-ring (bicyclic) bond motifs is 1. The first-order valence-corrected chi connectivity index (χ1v) is 6.63. The molecule has 6 nitrogen and oxygen atoms in total. The molecule has 2 aliphatic rings. The number of anilines is 2. The zero-order chi connectivity index (χ0) is 13.7. The van der Waals surface area contributed by atoms with Gasteiger partial charge in [-0.05, 0) is 25.0 Å². The second-order valence-corrected chi connectivity index (χ2v) is 5.20. The first-order chi connectivity index (χ1) is 9.70. The Morgan fingerprint density at radius 1 is 1.40 bits per heavy atom. The van der Waals surface area contributed by atoms with Crippen molar-refractivity contribution in [2.24, 2.45) is 0 Å². The molecule has 3 N–H and O–H groups in total. The Hall–Kier alpha value is -2.50. The number of hydrogen-bond acceptors (Lipinski definition) is 4. The van der Waals surface area contributed by atoms with Crippen LogP contribution in [0, 0.1) is 0 Å². The van der Waals surface area contributed by atoms with Gasteiger partial charge in [-0.25, -0.2) is 4.68 Å². The number of benzene rings is 1. The lowest BCUT2D eigenvalue weighted by molar-refractivity contribution is -0.118. The molecule has 2 heterocycles. The van der Waals surface area contributed by atoms with E-state index >= 15 is 0 Å². The minimum atomic E-state index is -0.160. The Kier molecular flexibility index (Phi) is 2.26. The van der Waals surface area contributed by atoms with Crippen LogP contribution in [0.3, 0.4) is 0 Å². The van der Waals surface area contributed by atoms with Crippen molar-refractivity contribution in [3.05, 3.63) is 30.1 Å². The third-order valence-electron chi connectivity index (χ3n) is 3.61. The lowest BCUT2D eigenvalue weighted by atomic mass is 10.2. The van der Waals surface area contributed by atoms with Gasteiger partial charge in [0.1, 0.15) is 5.75 Å². The number of nitrogens with zero attached hydrogens (tertiary/aromatic N) is 2. The first-order valence-electron chi connectivity index (χ1n) is 6.63. The number of nitrogens with one attached hydrogen (secondary N) is 1. The normalized spacial score (nSPS) is 17.3. The SMILES string of the molecule is Nc1cc2c(cc1-n1ccc(C3CC3)n1)NC(=O)CO2. The molecule has 0 spiro atoms. The van der Waals surface area contributed by atoms with Gasteiger partial charge in [0.25, 0.3) is 5.91 Å². The number of nitrogens with two attached hydrogens (primary N) is 1. The van der Waals surface area contributed by atoms with Crippen molar-refractivity contribution < 1.29 is 9.53 Å². The fourth-order valence-corrected chi connectivity index (χ4v) is 2.40. The van der Waals surface area contributed by atoms with E-state index in [0.717, 1.165) is 11.4 Å². The minimum absolute atomic E-state index is 0.0272. The van der Waals surface area contributed by atoms with Gasteiger partial charge in [-0.1, -0.05) is 0 Å². The number of amides is 1. The molecule has 1 amide bonds. The zero-order valence-electron chi connectivity index (χ0n) is 10.8. The van der Waals surface area contributed by atoms with Crippen LogP contribution in [0.25, 0.3) is 5.69 Å². The van der Waals surface area contributed by atoms with Gasteiger partial charge in [-0.3, -0.25) is 4.79 Å². The van der Waals surface area contributed by atoms with E-state index in [-0.39, 0.29) is 12.5 Å². The van der Waals surface area contributed by atoms with Gasteiger partial charge in [0.05, 0.1) is 22.8 Å². The second kappa shape index (κ2) is 4.00. The van der Waals surface area contributed by atoms with Crippen LogP contribution in [0.4, 0.5) is 11.4 Å². The molecule has 1 aromatic heterocycles. The molecule has 102 valence electrons. The van der Waals surface area contributed by atoms with E-state index in [1.165, 1.54) is 12.8 Å². The topological polar surface area (TPSA) is 82.2 Å². The van der Waals surface area contributed by atoms with E-state index in [2.05, 4.69) is 10.4 Å². The van der Waals surface area contributed by atoms with Crippen LogP contribution in [0.1, 0.15) is 24.5 Å². The highest BCUT2D eigenvalue weighted by molar-refractivity contribution is 5.96. The number of ether oxygens (including phenoxy) is 1. The molecule has 0 atom stereocenters. The van der Waals surface area contributed by atoms with E-state index < -0.39 is 0 Å². The molecule has 0 saturated heterocycles. The summed E-state index contributed by atoms with van der Waals surface area (Å²) in [6.07, 6.45) is 4.32. The highest BCUT2D eigenvalue weighted by Gasteiger charge is 2.26. The van der Waals surface area contributed by atoms with E-state index in [0.29, 0.717) is 23.0 Å². The third-order valence-corrected chi connectivity index (χ3v) is 3.61. The van der Waals surface area contributed by atoms with Crippen LogP contribution >= 0.6 is 0 Å². The van der Waals surface area contributed by atoms with Crippen molar-refractivity contribution in [1.29, 1.82) is 0 Å². The van der Waals surface area contributed by atoms with Gasteiger partial charge in [-0.15, -0.1) is 0 Å². The Morgan fingerprint density at radius 3 is 3.05 bits per heavy atom. The Balaban J connectivity index is 1.76. The number of hydrogen-bond donors (Lipinski definition) is 2. The molecule has 1 aliphatic heterocycles. The molecule has 6 heteroatoms. The molecular formula is C14H14N4O2. The van der Waals surface area contributed by atoms with E-state index in [4.69, 9.17) is 10.5 Å². The van der Waals surface area contributed by atoms with Gasteiger partial charge in [-0.2, -0.15) is 5.10 Å². The Labute approximate surface area is 115 Å². The fourth-order valence-electron chi connectivity index (χ4n) is 2.40. The first kappa shape index (κ1) is 11.3. The quantitative estimate of drug-likeness (QED) is 0.813. The summed E-state index contributed by atoms with van der Waals surface area (Å²) in [6, 6.07) is 5.54. The molecule has 0 unspecified atom stereocenters. The highest BCUT2D eigenvalue weighted by atomic mass is 16.5. The summed E-state index contributed by atoms with van der Waals surface area (Å²) in [4.78, 5) is 11.4. The molecule has 0 bridgehead atoms. The number of carbonyl (C=O) groups excluding carboxylic acids is 1. The molecular weight excluding hydrogens is 256 g/mol. The summed E-state index contributed by atoms with van der Waals surface area (Å²) in [7, 11) is 0. The summed E-state index contributed by atoms with van der Waals surface area (Å²) < 4.78 is 7.09. The summed E-state index contributed by atoms with van der Waals surface area (Å²) >= 11 is 0. The number of aromatic nitrogens is 2. The third kappa shape index (κ3) is 1.80. The van der Waals surface area contributed by atoms with Gasteiger partial charge in [0.2, 0.25) is 0 Å². The number of carbonyl (C=O) groups is 1. The average molecular weight is 270 g/mol. The highest BCUT2D eigenvalue weighted by Crippen LogP contribution is 2.39. The molecule has 1 fully saturated rings. The lowest BCUT2D eigenvalue weighted by Gasteiger charge is -2.19. The van der Waals surface area contributed by atoms with Crippen molar-refractivity contribution in [3.63, 3.8) is 0 Å². The van der Waals surface area contributed by atoms with Gasteiger partial charge in [0, 0.05) is 18.2 Å². The number of rotatable bonds is 2. The van der Waals surface area contributed by atoms with Crippen LogP contribution in [0.2, 0.25) is 0 Å². The van der Waals surface area contributed by atoms with Gasteiger partial charge in [0.15, 0.2) is 6.61 Å². The molecule has 1 saturated carbocycles. The van der Waals surface area contributed by atoms with Crippen molar-refractivity contribution in [1.82, 2.24) is 9.78 Å². The van der Waals surface area contributed by atoms with Crippen molar-refractivity contribution in [2.45, 2.75) is 18.8 Å². The van der Waals surface area contributed by atoms with E-state index in [1.54, 1.807) is 16.8 Å². The summed E-state index contributed by atoms with van der Waals surface area (Å²) in [5.74, 6) is 1.03. The van der Waals surface area contributed by atoms with Gasteiger partial charge < -0.3 is 15.8 Å². The minimum Gasteiger partial charge on any atom is -0.482 e. The standard InChI is InChI=1S/C14H14N4O2/c15-9-5-13-11(16-14(19)7-20-13)6-12(9)18-4-3-10(17-18)8-1-2-8/h3-6,8H,1-2,7,15H2,(H,16,19). The second-order valence-electron chi connectivity index (χ2n) is 5.20. The largest absolute Gasteiger partial charge is 0.482 e. The molecule has 1 aromatic carbocycles. The summed E-state index contributed by atoms with van der Waals surface area (Å²) in [5.41, 5.74) is 9.12. The van der Waals surface area contributed by atoms with Crippen LogP contribution < -0.4 is 15.8 Å². The Morgan fingerprint density at radius 2 is 2.25 bits per heavy atom. The maximum Gasteiger partial charge on any atom is 0.262 e. The summed E-state index contributed by atoms with van der Waals surface area (Å²) in [6.45, 7) is 0.0272. The maximum absolute atomic E-state index is 11.4. The monoisotopic (exact) mass is 270 g/mol. The predicted molar refractivity (Wildman–Crippen MR) is 74.1 cm³/mol. The smallest absolute Gasteiger partial charge is 0.262 e. The van der Waals surface area contributed by atoms with Crippen LogP contribution in [0.5, 0.6) is 5.75 Å². The summed E-state index contributed by atoms with van der Waals surface area (Å²) in [5, 5.41) is 7.33. The maximum atomic E-state index is 11.4. The van der Waals surface area contributed by atoms with Gasteiger partial charge >= 0.3 is 0 Å². The van der Waals surface area contributed by atoms with Crippen LogP contribution in [-0.2, 0) is 4.79 Å². The molecule has 4 rings (SSSR count). The fraction of sp³-hybridized carbons (Fsp3) is 0.286. The average Bonchev–Trinajstić information content (AvgIpc) is 3.17. The van der Waals surface area contributed by atoms with Crippen molar-refractivity contribution in [2.75, 3.05) is 17.7 Å². The molecule has 20 heavy (non-hydrogen) atoms. The van der Waals surface area contributed by atoms with E-state index in [1.807, 2.05) is 12.3 Å². The molecule has 0 radical (unpaired) electrons. The van der Waals surface area contributed by atoms with E-state index in [9.17, 15) is 4.79 Å².